The molecule has 2 nitrogen and oxygen atoms in total. The average molecular weight is 280 g/mol. The number of hydrogen-bond donors (Lipinski definition) is 0. The fourth-order valence-corrected chi connectivity index (χ4v) is 1.68. The molecule has 6 heteroatoms. The Morgan fingerprint density at radius 3 is 2.25 bits per heavy atom. The average Bonchev–Trinajstić information content (AvgIpc) is 2.40. The van der Waals surface area contributed by atoms with E-state index in [-0.39, 0.29) is 12.1 Å². The van der Waals surface area contributed by atoms with Crippen LogP contribution < -0.4 is 0 Å². The summed E-state index contributed by atoms with van der Waals surface area (Å²) in [6, 6.07) is 7.30. The van der Waals surface area contributed by atoms with Crippen molar-refractivity contribution in [3.05, 3.63) is 53.6 Å². The number of halogens is 4. The first kappa shape index (κ1) is 14.0. The van der Waals surface area contributed by atoms with E-state index >= 15 is 0 Å². The molecule has 0 aliphatic carbocycles. The second-order valence-electron chi connectivity index (χ2n) is 4.06. The highest BCUT2D eigenvalue weighted by atomic mass is 19.4. The molecule has 2 aromatic rings. The summed E-state index contributed by atoms with van der Waals surface area (Å²) in [6.45, 7) is 0. The fraction of sp³-hybridized carbons (Fsp3) is 0.143. The van der Waals surface area contributed by atoms with Crippen molar-refractivity contribution in [2.75, 3.05) is 0 Å². The monoisotopic (exact) mass is 280 g/mol. The second-order valence-corrected chi connectivity index (χ2v) is 4.06. The van der Waals surface area contributed by atoms with Crippen LogP contribution in [0, 0.1) is 17.1 Å². The van der Waals surface area contributed by atoms with Gasteiger partial charge in [0.2, 0.25) is 0 Å². The molecule has 0 spiro atoms. The summed E-state index contributed by atoms with van der Waals surface area (Å²) in [7, 11) is 0. The topological polar surface area (TPSA) is 36.7 Å². The Balaban J connectivity index is 2.33. The number of nitrogens with zero attached hydrogens (tertiary/aromatic N) is 2. The molecule has 0 unspecified atom stereocenters. The maximum Gasteiger partial charge on any atom is 0.416 e. The van der Waals surface area contributed by atoms with Gasteiger partial charge in [0.25, 0.3) is 0 Å². The van der Waals surface area contributed by atoms with Crippen LogP contribution in [-0.4, -0.2) is 4.98 Å². The van der Waals surface area contributed by atoms with Crippen LogP contribution in [0.15, 0.2) is 36.5 Å². The number of pyridine rings is 1. The zero-order chi connectivity index (χ0) is 14.8. The Hall–Kier alpha value is -2.42. The third-order valence-corrected chi connectivity index (χ3v) is 2.71. The van der Waals surface area contributed by atoms with Gasteiger partial charge in [-0.15, -0.1) is 0 Å². The van der Waals surface area contributed by atoms with Crippen LogP contribution in [0.4, 0.5) is 17.6 Å². The Bertz CT molecular complexity index is 654. The standard InChI is InChI=1S/C14H8F4N2/c15-12-7-10(8-20-13(12)5-6-19)9-1-3-11(4-2-9)14(16,17)18/h1-4,7-8H,5H2. The molecule has 0 N–H and O–H groups in total. The second kappa shape index (κ2) is 5.29. The van der Waals surface area contributed by atoms with Crippen molar-refractivity contribution in [1.82, 2.24) is 4.98 Å². The molecular weight excluding hydrogens is 272 g/mol. The third-order valence-electron chi connectivity index (χ3n) is 2.71. The zero-order valence-electron chi connectivity index (χ0n) is 10.1. The largest absolute Gasteiger partial charge is 0.416 e. The van der Waals surface area contributed by atoms with Gasteiger partial charge in [0.05, 0.1) is 23.7 Å². The number of rotatable bonds is 2. The number of aromatic nitrogens is 1. The molecule has 1 aromatic heterocycles. The number of hydrogen-bond acceptors (Lipinski definition) is 2. The van der Waals surface area contributed by atoms with E-state index in [0.29, 0.717) is 11.1 Å². The summed E-state index contributed by atoms with van der Waals surface area (Å²) < 4.78 is 50.9. The van der Waals surface area contributed by atoms with E-state index < -0.39 is 17.6 Å². The van der Waals surface area contributed by atoms with Gasteiger partial charge in [-0.1, -0.05) is 12.1 Å². The lowest BCUT2D eigenvalue weighted by Gasteiger charge is -2.08. The predicted molar refractivity (Wildman–Crippen MR) is 64.0 cm³/mol. The first-order valence-electron chi connectivity index (χ1n) is 5.61. The van der Waals surface area contributed by atoms with E-state index in [2.05, 4.69) is 4.98 Å². The molecule has 0 atom stereocenters. The maximum absolute atomic E-state index is 13.6. The lowest BCUT2D eigenvalue weighted by Crippen LogP contribution is -2.04. The molecule has 0 aliphatic rings. The maximum atomic E-state index is 13.6. The Kier molecular flexibility index (Phi) is 3.70. The molecule has 0 saturated heterocycles. The van der Waals surface area contributed by atoms with Gasteiger partial charge in [0, 0.05) is 11.8 Å². The van der Waals surface area contributed by atoms with Crippen molar-refractivity contribution in [3.63, 3.8) is 0 Å². The highest BCUT2D eigenvalue weighted by Gasteiger charge is 2.29. The third kappa shape index (κ3) is 2.94. The van der Waals surface area contributed by atoms with Crippen LogP contribution in [-0.2, 0) is 12.6 Å². The summed E-state index contributed by atoms with van der Waals surface area (Å²) in [5, 5.41) is 8.47. The van der Waals surface area contributed by atoms with E-state index in [4.69, 9.17) is 5.26 Å². The van der Waals surface area contributed by atoms with Crippen LogP contribution in [0.25, 0.3) is 11.1 Å². The molecule has 1 heterocycles. The van der Waals surface area contributed by atoms with Crippen LogP contribution in [0.3, 0.4) is 0 Å². The lowest BCUT2D eigenvalue weighted by molar-refractivity contribution is -0.137. The number of nitriles is 1. The van der Waals surface area contributed by atoms with E-state index in [9.17, 15) is 17.6 Å². The molecule has 0 saturated carbocycles. The molecule has 0 amide bonds. The van der Waals surface area contributed by atoms with Gasteiger partial charge in [-0.2, -0.15) is 18.4 Å². The SMILES string of the molecule is N#CCc1ncc(-c2ccc(C(F)(F)F)cc2)cc1F. The Morgan fingerprint density at radius 2 is 1.75 bits per heavy atom. The molecule has 0 bridgehead atoms. The Morgan fingerprint density at radius 1 is 1.10 bits per heavy atom. The van der Waals surface area contributed by atoms with Crippen LogP contribution in [0.1, 0.15) is 11.3 Å². The summed E-state index contributed by atoms with van der Waals surface area (Å²) in [5.74, 6) is -0.649. The highest BCUT2D eigenvalue weighted by Crippen LogP contribution is 2.31. The van der Waals surface area contributed by atoms with Crippen molar-refractivity contribution in [2.24, 2.45) is 0 Å². The van der Waals surface area contributed by atoms with Crippen LogP contribution in [0.5, 0.6) is 0 Å². The first-order chi connectivity index (χ1) is 9.41. The Labute approximate surface area is 112 Å². The molecule has 0 fully saturated rings. The minimum Gasteiger partial charge on any atom is -0.256 e. The van der Waals surface area contributed by atoms with Crippen molar-refractivity contribution < 1.29 is 17.6 Å². The summed E-state index contributed by atoms with van der Waals surface area (Å²) in [6.07, 6.45) is -3.23. The quantitative estimate of drug-likeness (QED) is 0.780. The summed E-state index contributed by atoms with van der Waals surface area (Å²) >= 11 is 0. The lowest BCUT2D eigenvalue weighted by atomic mass is 10.0. The minimum absolute atomic E-state index is 0.0168. The molecule has 102 valence electrons. The van der Waals surface area contributed by atoms with E-state index in [1.54, 1.807) is 6.07 Å². The van der Waals surface area contributed by atoms with Gasteiger partial charge < -0.3 is 0 Å². The molecule has 0 aliphatic heterocycles. The van der Waals surface area contributed by atoms with Gasteiger partial charge in [0.1, 0.15) is 5.82 Å². The normalized spacial score (nSPS) is 11.2. The predicted octanol–water partition coefficient (Wildman–Crippen LogP) is 3.97. The molecular formula is C14H8F4N2. The minimum atomic E-state index is -4.40. The molecule has 20 heavy (non-hydrogen) atoms. The molecule has 1 aromatic carbocycles. The number of benzene rings is 1. The van der Waals surface area contributed by atoms with Gasteiger partial charge in [-0.3, -0.25) is 4.98 Å². The van der Waals surface area contributed by atoms with Crippen LogP contribution in [0.2, 0.25) is 0 Å². The number of alkyl halides is 3. The summed E-state index contributed by atoms with van der Waals surface area (Å²) in [4.78, 5) is 3.80. The summed E-state index contributed by atoms with van der Waals surface area (Å²) in [5.41, 5.74) is 0.0322. The van der Waals surface area contributed by atoms with Crippen LogP contribution >= 0.6 is 0 Å². The van der Waals surface area contributed by atoms with Gasteiger partial charge in [-0.25, -0.2) is 4.39 Å². The highest BCUT2D eigenvalue weighted by molar-refractivity contribution is 5.63. The molecule has 0 radical (unpaired) electrons. The van der Waals surface area contributed by atoms with E-state index in [1.807, 2.05) is 0 Å². The van der Waals surface area contributed by atoms with E-state index in [0.717, 1.165) is 18.2 Å². The zero-order valence-corrected chi connectivity index (χ0v) is 10.1. The first-order valence-corrected chi connectivity index (χ1v) is 5.61. The van der Waals surface area contributed by atoms with Gasteiger partial charge >= 0.3 is 6.18 Å². The van der Waals surface area contributed by atoms with E-state index in [1.165, 1.54) is 18.3 Å². The van der Waals surface area contributed by atoms with Crippen molar-refractivity contribution in [3.8, 4) is 17.2 Å². The fourth-order valence-electron chi connectivity index (χ4n) is 1.68. The molecule has 2 rings (SSSR count). The smallest absolute Gasteiger partial charge is 0.256 e. The van der Waals surface area contributed by atoms with Gasteiger partial charge in [0.15, 0.2) is 0 Å². The van der Waals surface area contributed by atoms with Crippen molar-refractivity contribution >= 4 is 0 Å². The van der Waals surface area contributed by atoms with Crippen molar-refractivity contribution in [1.29, 1.82) is 5.26 Å². The van der Waals surface area contributed by atoms with Crippen molar-refractivity contribution in [2.45, 2.75) is 12.6 Å². The van der Waals surface area contributed by atoms with Gasteiger partial charge in [-0.05, 0) is 23.8 Å².